The molecule has 0 saturated carbocycles. The Morgan fingerprint density at radius 1 is 1.45 bits per heavy atom. The van der Waals surface area contributed by atoms with Crippen molar-refractivity contribution in [2.45, 2.75) is 44.4 Å². The highest BCUT2D eigenvalue weighted by Gasteiger charge is 2.35. The summed E-state index contributed by atoms with van der Waals surface area (Å²) >= 11 is 1.46. The minimum atomic E-state index is -0.808. The van der Waals surface area contributed by atoms with Crippen molar-refractivity contribution in [1.29, 1.82) is 0 Å². The number of aliphatic hydroxyl groups excluding tert-OH is 1. The number of dihydropyridines is 1. The molecule has 0 aromatic heterocycles. The number of hydrogen-bond donors (Lipinski definition) is 6. The highest BCUT2D eigenvalue weighted by atomic mass is 32.2. The van der Waals surface area contributed by atoms with E-state index in [-0.39, 0.29) is 23.8 Å². The summed E-state index contributed by atoms with van der Waals surface area (Å²) in [6.07, 6.45) is 10.9. The Bertz CT molecular complexity index is 795. The molecular weight excluding hydrogens is 418 g/mol. The number of carbonyl (C=O) groups excluding carboxylic acids is 2. The van der Waals surface area contributed by atoms with Gasteiger partial charge < -0.3 is 31.5 Å². The van der Waals surface area contributed by atoms with Crippen LogP contribution in [0.1, 0.15) is 26.2 Å². The normalized spacial score (nSPS) is 27.2. The fourth-order valence-electron chi connectivity index (χ4n) is 3.17. The number of nitrogens with one attached hydrogen (secondary N) is 4. The van der Waals surface area contributed by atoms with E-state index in [1.54, 1.807) is 12.3 Å². The first-order valence-corrected chi connectivity index (χ1v) is 11.4. The molecule has 1 saturated heterocycles. The van der Waals surface area contributed by atoms with E-state index in [1.165, 1.54) is 11.9 Å². The van der Waals surface area contributed by atoms with E-state index in [0.29, 0.717) is 31.9 Å². The zero-order chi connectivity index (χ0) is 22.2. The Morgan fingerprint density at radius 3 is 2.94 bits per heavy atom. The molecule has 170 valence electrons. The summed E-state index contributed by atoms with van der Waals surface area (Å²) in [5, 5.41) is 18.9. The van der Waals surface area contributed by atoms with Gasteiger partial charge in [0, 0.05) is 23.3 Å². The summed E-state index contributed by atoms with van der Waals surface area (Å²) in [6, 6.07) is -0.482. The minimum absolute atomic E-state index is 0.0401. The zero-order valence-corrected chi connectivity index (χ0v) is 18.4. The summed E-state index contributed by atoms with van der Waals surface area (Å²) in [7, 11) is 0. The maximum atomic E-state index is 12.5. The number of nitrogens with two attached hydrogens (primary N) is 1. The third kappa shape index (κ3) is 6.60. The molecule has 10 heteroatoms. The lowest BCUT2D eigenvalue weighted by Gasteiger charge is -2.33. The van der Waals surface area contributed by atoms with Gasteiger partial charge in [0.15, 0.2) is 0 Å². The molecule has 4 atom stereocenters. The highest BCUT2D eigenvalue weighted by molar-refractivity contribution is 8.01. The first kappa shape index (κ1) is 23.4. The van der Waals surface area contributed by atoms with Gasteiger partial charge in [0.05, 0.1) is 25.1 Å². The van der Waals surface area contributed by atoms with Gasteiger partial charge in [-0.05, 0) is 30.9 Å². The number of amides is 2. The van der Waals surface area contributed by atoms with Gasteiger partial charge in [0.2, 0.25) is 11.8 Å². The van der Waals surface area contributed by atoms with Crippen LogP contribution in [0.25, 0.3) is 0 Å². The molecule has 0 aromatic carbocycles. The fraction of sp³-hybridized carbons (Fsp3) is 0.524. The molecule has 2 amide bonds. The lowest BCUT2D eigenvalue weighted by molar-refractivity contribution is -0.130. The topological polar surface area (TPSA) is 138 Å². The van der Waals surface area contributed by atoms with Crippen LogP contribution in [0.4, 0.5) is 0 Å². The lowest BCUT2D eigenvalue weighted by Crippen LogP contribution is -2.69. The maximum absolute atomic E-state index is 12.5. The SMILES string of the molecule is CCCCOC1=CNC(CNC(=O)[C@@H]2C=CC(SNC[C@H]3NC(=O)[C@H]3N)=CC2)=C[C@H]1O. The molecule has 3 aliphatic rings. The van der Waals surface area contributed by atoms with Gasteiger partial charge in [-0.3, -0.25) is 14.3 Å². The van der Waals surface area contributed by atoms with E-state index >= 15 is 0 Å². The molecule has 0 unspecified atom stereocenters. The van der Waals surface area contributed by atoms with Gasteiger partial charge in [-0.25, -0.2) is 0 Å². The quantitative estimate of drug-likeness (QED) is 0.149. The molecule has 1 aliphatic carbocycles. The van der Waals surface area contributed by atoms with Crippen molar-refractivity contribution in [3.63, 3.8) is 0 Å². The van der Waals surface area contributed by atoms with Crippen molar-refractivity contribution < 1.29 is 19.4 Å². The van der Waals surface area contributed by atoms with Crippen LogP contribution in [0, 0.1) is 5.92 Å². The monoisotopic (exact) mass is 449 g/mol. The van der Waals surface area contributed by atoms with Gasteiger partial charge in [-0.2, -0.15) is 0 Å². The van der Waals surface area contributed by atoms with Crippen LogP contribution in [-0.2, 0) is 14.3 Å². The minimum Gasteiger partial charge on any atom is -0.493 e. The summed E-state index contributed by atoms with van der Waals surface area (Å²) in [6.45, 7) is 3.54. The largest absolute Gasteiger partial charge is 0.493 e. The van der Waals surface area contributed by atoms with E-state index in [9.17, 15) is 14.7 Å². The van der Waals surface area contributed by atoms with Crippen molar-refractivity contribution >= 4 is 23.8 Å². The molecule has 2 heterocycles. The Hall–Kier alpha value is -2.27. The van der Waals surface area contributed by atoms with E-state index < -0.39 is 12.1 Å². The number of allylic oxidation sites excluding steroid dienone is 2. The molecule has 2 aliphatic heterocycles. The highest BCUT2D eigenvalue weighted by Crippen LogP contribution is 2.23. The van der Waals surface area contributed by atoms with Crippen molar-refractivity contribution in [3.8, 4) is 0 Å². The number of unbranched alkanes of at least 4 members (excludes halogenated alkanes) is 1. The van der Waals surface area contributed by atoms with Crippen LogP contribution in [0.5, 0.6) is 0 Å². The van der Waals surface area contributed by atoms with Gasteiger partial charge >= 0.3 is 0 Å². The fourth-order valence-corrected chi connectivity index (χ4v) is 3.93. The second-order valence-corrected chi connectivity index (χ2v) is 8.61. The Balaban J connectivity index is 1.33. The van der Waals surface area contributed by atoms with Crippen molar-refractivity contribution in [2.24, 2.45) is 11.7 Å². The van der Waals surface area contributed by atoms with E-state index in [4.69, 9.17) is 10.5 Å². The summed E-state index contributed by atoms with van der Waals surface area (Å²) in [5.41, 5.74) is 6.42. The zero-order valence-electron chi connectivity index (χ0n) is 17.6. The molecule has 1 fully saturated rings. The van der Waals surface area contributed by atoms with Gasteiger partial charge in [-0.1, -0.05) is 31.6 Å². The van der Waals surface area contributed by atoms with Crippen molar-refractivity contribution in [3.05, 3.63) is 46.9 Å². The molecule has 0 aromatic rings. The van der Waals surface area contributed by atoms with E-state index in [1.807, 2.05) is 18.2 Å². The smallest absolute Gasteiger partial charge is 0.239 e. The van der Waals surface area contributed by atoms with Crippen molar-refractivity contribution in [1.82, 2.24) is 20.7 Å². The number of hydrogen-bond acceptors (Lipinski definition) is 8. The molecule has 31 heavy (non-hydrogen) atoms. The average molecular weight is 450 g/mol. The number of aliphatic hydroxyl groups is 1. The van der Waals surface area contributed by atoms with Crippen LogP contribution in [0.3, 0.4) is 0 Å². The molecule has 7 N–H and O–H groups in total. The van der Waals surface area contributed by atoms with Crippen LogP contribution >= 0.6 is 11.9 Å². The average Bonchev–Trinajstić information content (AvgIpc) is 2.78. The third-order valence-electron chi connectivity index (χ3n) is 5.23. The summed E-state index contributed by atoms with van der Waals surface area (Å²) in [5.74, 6) is 0.0669. The number of ether oxygens (including phenoxy) is 1. The number of carbonyl (C=O) groups is 2. The van der Waals surface area contributed by atoms with Crippen LogP contribution in [0.15, 0.2) is 46.9 Å². The molecular formula is C21H31N5O4S. The van der Waals surface area contributed by atoms with Gasteiger partial charge in [0.1, 0.15) is 17.9 Å². The van der Waals surface area contributed by atoms with E-state index in [0.717, 1.165) is 23.4 Å². The molecule has 9 nitrogen and oxygen atoms in total. The first-order valence-electron chi connectivity index (χ1n) is 10.6. The molecule has 0 bridgehead atoms. The van der Waals surface area contributed by atoms with Gasteiger partial charge in [-0.15, -0.1) is 0 Å². The van der Waals surface area contributed by atoms with Crippen LogP contribution in [0.2, 0.25) is 0 Å². The third-order valence-corrected chi connectivity index (χ3v) is 6.08. The predicted octanol–water partition coefficient (Wildman–Crippen LogP) is 0.132. The summed E-state index contributed by atoms with van der Waals surface area (Å²) in [4.78, 5) is 24.6. The van der Waals surface area contributed by atoms with E-state index in [2.05, 4.69) is 27.6 Å². The second-order valence-electron chi connectivity index (χ2n) is 7.65. The second kappa shape index (κ2) is 11.4. The predicted molar refractivity (Wildman–Crippen MR) is 120 cm³/mol. The van der Waals surface area contributed by atoms with Crippen LogP contribution < -0.4 is 26.4 Å². The molecule has 0 spiro atoms. The summed E-state index contributed by atoms with van der Waals surface area (Å²) < 4.78 is 8.74. The molecule has 3 rings (SSSR count). The van der Waals surface area contributed by atoms with Crippen LogP contribution in [-0.4, -0.2) is 54.8 Å². The Labute approximate surface area is 186 Å². The maximum Gasteiger partial charge on any atom is 0.239 e. The first-order chi connectivity index (χ1) is 15.0. The number of β-lactam (4-membered cyclic amide) rings is 1. The lowest BCUT2D eigenvalue weighted by atomic mass is 10.00. The standard InChI is InChI=1S/C21H31N5O4S/c1-2-3-8-30-18-12-23-14(9-17(18)27)10-24-20(28)13-4-6-15(7-5-13)31-25-11-16-19(22)21(29)26-16/h4,6-7,9,12-13,16-17,19,23,25,27H,2-3,5,8,10-11,22H2,1H3,(H,24,28)(H,26,29)/t13-,16-,17-,19+/m1/s1. The Morgan fingerprint density at radius 2 is 2.29 bits per heavy atom. The number of rotatable bonds is 11. The van der Waals surface area contributed by atoms with Crippen molar-refractivity contribution in [2.75, 3.05) is 19.7 Å². The molecule has 0 radical (unpaired) electrons. The Kier molecular flexibility index (Phi) is 8.59. The van der Waals surface area contributed by atoms with Gasteiger partial charge in [0.25, 0.3) is 0 Å².